The monoisotopic (exact) mass is 291 g/mol. The van der Waals surface area contributed by atoms with Gasteiger partial charge >= 0.3 is 0 Å². The molecule has 3 heteroatoms. The molecule has 0 aliphatic carbocycles. The second kappa shape index (κ2) is 4.11. The van der Waals surface area contributed by atoms with Crippen LogP contribution in [-0.2, 0) is 6.42 Å². The van der Waals surface area contributed by atoms with Crippen LogP contribution in [0.3, 0.4) is 0 Å². The number of halogens is 2. The number of hydrogen-bond acceptors (Lipinski definition) is 1. The molecule has 0 saturated heterocycles. The van der Waals surface area contributed by atoms with E-state index >= 15 is 0 Å². The number of rotatable bonds is 1. The minimum Gasteiger partial charge on any atom is -0.198 e. The molecule has 0 atom stereocenters. The van der Waals surface area contributed by atoms with Crippen molar-refractivity contribution in [1.82, 2.24) is 0 Å². The first-order valence-electron chi connectivity index (χ1n) is 3.47. The first kappa shape index (κ1) is 9.82. The lowest BCUT2D eigenvalue weighted by atomic mass is 10.1. The summed E-state index contributed by atoms with van der Waals surface area (Å²) in [5, 5.41) is 9.29. The number of aryl methyl sites for hydroxylation is 1. The van der Waals surface area contributed by atoms with Crippen molar-refractivity contribution in [2.45, 2.75) is 13.3 Å². The molecule has 12 heavy (non-hydrogen) atoms. The van der Waals surface area contributed by atoms with E-state index in [1.54, 1.807) is 0 Å². The van der Waals surface area contributed by atoms with E-state index < -0.39 is 0 Å². The van der Waals surface area contributed by atoms with Gasteiger partial charge in [-0.3, -0.25) is 0 Å². The van der Waals surface area contributed by atoms with Crippen LogP contribution in [0.4, 0.5) is 0 Å². The summed E-state index contributed by atoms with van der Waals surface area (Å²) in [5.74, 6) is 0. The van der Waals surface area contributed by atoms with Gasteiger partial charge in [-0.15, -0.1) is 0 Å². The number of nitriles is 1. The minimum absolute atomic E-state index is 0.435. The summed E-state index contributed by atoms with van der Waals surface area (Å²) in [6.45, 7) is 1.99. The summed E-state index contributed by atoms with van der Waals surface area (Å²) < 4.78 is 0.996. The molecule has 1 nitrogen and oxygen atoms in total. The van der Waals surface area contributed by atoms with Crippen molar-refractivity contribution in [3.05, 3.63) is 31.9 Å². The van der Waals surface area contributed by atoms with Crippen LogP contribution in [0.2, 0.25) is 5.02 Å². The zero-order valence-corrected chi connectivity index (χ0v) is 9.48. The Bertz CT molecular complexity index is 341. The fraction of sp³-hybridized carbons (Fsp3) is 0.222. The van der Waals surface area contributed by atoms with Gasteiger partial charge in [0, 0.05) is 3.57 Å². The quantitative estimate of drug-likeness (QED) is 0.728. The standard InChI is InChI=1S/C9H7ClIN/c1-6-2-3-8(10)9(11)7(6)4-5-12/h2-3H,4H2,1H3. The highest BCUT2D eigenvalue weighted by atomic mass is 127. The molecular formula is C9H7ClIN. The topological polar surface area (TPSA) is 23.8 Å². The van der Waals surface area contributed by atoms with Crippen LogP contribution in [0.15, 0.2) is 12.1 Å². The van der Waals surface area contributed by atoms with Crippen molar-refractivity contribution in [3.8, 4) is 6.07 Å². The molecule has 0 aliphatic heterocycles. The van der Waals surface area contributed by atoms with E-state index in [2.05, 4.69) is 28.7 Å². The molecule has 1 aromatic rings. The van der Waals surface area contributed by atoms with Crippen molar-refractivity contribution in [1.29, 1.82) is 5.26 Å². The van der Waals surface area contributed by atoms with Crippen molar-refractivity contribution < 1.29 is 0 Å². The molecule has 0 amide bonds. The first-order valence-corrected chi connectivity index (χ1v) is 4.93. The van der Waals surface area contributed by atoms with Gasteiger partial charge in [0.25, 0.3) is 0 Å². The summed E-state index contributed by atoms with van der Waals surface area (Å²) in [6.07, 6.45) is 0.435. The fourth-order valence-corrected chi connectivity index (χ4v) is 1.96. The predicted octanol–water partition coefficient (Wildman–Crippen LogP) is 3.32. The highest BCUT2D eigenvalue weighted by molar-refractivity contribution is 14.1. The molecule has 0 fully saturated rings. The van der Waals surface area contributed by atoms with E-state index in [1.807, 2.05) is 19.1 Å². The van der Waals surface area contributed by atoms with Crippen LogP contribution in [0.25, 0.3) is 0 Å². The Morgan fingerprint density at radius 3 is 2.83 bits per heavy atom. The molecule has 0 spiro atoms. The second-order valence-electron chi connectivity index (χ2n) is 2.49. The van der Waals surface area contributed by atoms with Crippen molar-refractivity contribution in [2.75, 3.05) is 0 Å². The van der Waals surface area contributed by atoms with Crippen LogP contribution >= 0.6 is 34.2 Å². The third kappa shape index (κ3) is 1.90. The normalized spacial score (nSPS) is 9.50. The fourth-order valence-electron chi connectivity index (χ4n) is 0.985. The summed E-state index contributed by atoms with van der Waals surface area (Å²) in [7, 11) is 0. The summed E-state index contributed by atoms with van der Waals surface area (Å²) in [4.78, 5) is 0. The van der Waals surface area contributed by atoms with E-state index in [1.165, 1.54) is 0 Å². The molecule has 0 aromatic heterocycles. The zero-order chi connectivity index (χ0) is 9.14. The zero-order valence-electron chi connectivity index (χ0n) is 6.56. The first-order chi connectivity index (χ1) is 5.66. The minimum atomic E-state index is 0.435. The number of nitrogens with zero attached hydrogens (tertiary/aromatic N) is 1. The Hall–Kier alpha value is -0.270. The molecule has 0 radical (unpaired) electrons. The van der Waals surface area contributed by atoms with Crippen molar-refractivity contribution in [2.24, 2.45) is 0 Å². The third-order valence-electron chi connectivity index (χ3n) is 1.69. The molecule has 62 valence electrons. The second-order valence-corrected chi connectivity index (χ2v) is 3.98. The van der Waals surface area contributed by atoms with E-state index in [-0.39, 0.29) is 0 Å². The van der Waals surface area contributed by atoms with Crippen molar-refractivity contribution >= 4 is 34.2 Å². The Kier molecular flexibility index (Phi) is 3.36. The van der Waals surface area contributed by atoms with Gasteiger partial charge in [-0.1, -0.05) is 17.7 Å². The highest BCUT2D eigenvalue weighted by Gasteiger charge is 2.06. The van der Waals surface area contributed by atoms with Crippen LogP contribution < -0.4 is 0 Å². The lowest BCUT2D eigenvalue weighted by Gasteiger charge is -2.05. The maximum atomic E-state index is 8.56. The van der Waals surface area contributed by atoms with Crippen LogP contribution in [-0.4, -0.2) is 0 Å². The molecule has 0 aliphatic rings. The highest BCUT2D eigenvalue weighted by Crippen LogP contribution is 2.25. The van der Waals surface area contributed by atoms with Gasteiger partial charge in [0.05, 0.1) is 17.5 Å². The lowest BCUT2D eigenvalue weighted by molar-refractivity contribution is 1.19. The molecule has 0 saturated carbocycles. The number of hydrogen-bond donors (Lipinski definition) is 0. The van der Waals surface area contributed by atoms with Gasteiger partial charge in [-0.2, -0.15) is 5.26 Å². The molecule has 0 N–H and O–H groups in total. The van der Waals surface area contributed by atoms with Gasteiger partial charge in [-0.05, 0) is 46.7 Å². The average molecular weight is 292 g/mol. The molecular weight excluding hydrogens is 284 g/mol. The lowest BCUT2D eigenvalue weighted by Crippen LogP contribution is -1.92. The molecule has 1 aromatic carbocycles. The largest absolute Gasteiger partial charge is 0.198 e. The van der Waals surface area contributed by atoms with E-state index in [0.29, 0.717) is 6.42 Å². The summed E-state index contributed by atoms with van der Waals surface area (Å²) >= 11 is 8.08. The van der Waals surface area contributed by atoms with Crippen LogP contribution in [0.1, 0.15) is 11.1 Å². The predicted molar refractivity (Wildman–Crippen MR) is 58.2 cm³/mol. The third-order valence-corrected chi connectivity index (χ3v) is 3.55. The SMILES string of the molecule is Cc1ccc(Cl)c(I)c1CC#N. The van der Waals surface area contributed by atoms with Gasteiger partial charge < -0.3 is 0 Å². The van der Waals surface area contributed by atoms with Crippen molar-refractivity contribution in [3.63, 3.8) is 0 Å². The smallest absolute Gasteiger partial charge is 0.0670 e. The van der Waals surface area contributed by atoms with E-state index in [4.69, 9.17) is 16.9 Å². The van der Waals surface area contributed by atoms with Gasteiger partial charge in [0.2, 0.25) is 0 Å². The molecule has 1 rings (SSSR count). The average Bonchev–Trinajstić information content (AvgIpc) is 2.06. The van der Waals surface area contributed by atoms with Crippen LogP contribution in [0, 0.1) is 21.8 Å². The Labute approximate surface area is 90.5 Å². The molecule has 0 heterocycles. The van der Waals surface area contributed by atoms with Gasteiger partial charge in [0.15, 0.2) is 0 Å². The molecule has 0 bridgehead atoms. The Morgan fingerprint density at radius 2 is 2.25 bits per heavy atom. The van der Waals surface area contributed by atoms with Crippen LogP contribution in [0.5, 0.6) is 0 Å². The van der Waals surface area contributed by atoms with E-state index in [9.17, 15) is 0 Å². The number of benzene rings is 1. The Balaban J connectivity index is 3.25. The van der Waals surface area contributed by atoms with Gasteiger partial charge in [0.1, 0.15) is 0 Å². The summed E-state index contributed by atoms with van der Waals surface area (Å²) in [5.41, 5.74) is 2.18. The maximum absolute atomic E-state index is 8.56. The van der Waals surface area contributed by atoms with E-state index in [0.717, 1.165) is 19.7 Å². The summed E-state index contributed by atoms with van der Waals surface area (Å²) in [6, 6.07) is 5.93. The molecule has 0 unspecified atom stereocenters. The van der Waals surface area contributed by atoms with Gasteiger partial charge in [-0.25, -0.2) is 0 Å². The Morgan fingerprint density at radius 1 is 1.58 bits per heavy atom. The maximum Gasteiger partial charge on any atom is 0.0670 e.